The Balaban J connectivity index is 3.61. The van der Waals surface area contributed by atoms with Crippen molar-refractivity contribution >= 4 is 15.2 Å². The zero-order valence-corrected chi connectivity index (χ0v) is 7.37. The average molecular weight is 162 g/mol. The van der Waals surface area contributed by atoms with E-state index in [1.165, 1.54) is 0 Å². The molecule has 0 amide bonds. The molecule has 0 saturated carbocycles. The van der Waals surface area contributed by atoms with E-state index in [1.807, 2.05) is 0 Å². The van der Waals surface area contributed by atoms with Crippen LogP contribution < -0.4 is 0 Å². The summed E-state index contributed by atoms with van der Waals surface area (Å²) in [5.41, 5.74) is 0. The van der Waals surface area contributed by atoms with Crippen molar-refractivity contribution in [2.45, 2.75) is 39.5 Å². The van der Waals surface area contributed by atoms with E-state index in [4.69, 9.17) is 0 Å². The molecular formula is C7H14O2S. The normalized spacial score (nSPS) is 9.40. The molecule has 0 N–H and O–H groups in total. The van der Waals surface area contributed by atoms with Gasteiger partial charge in [0.15, 0.2) is 0 Å². The summed E-state index contributed by atoms with van der Waals surface area (Å²) in [5.74, 6) is 0. The van der Waals surface area contributed by atoms with Crippen LogP contribution in [0.15, 0.2) is 0 Å². The zero-order chi connectivity index (χ0) is 7.98. The summed E-state index contributed by atoms with van der Waals surface area (Å²) in [4.78, 5) is 0.577. The van der Waals surface area contributed by atoms with E-state index in [0.717, 1.165) is 25.7 Å². The first-order valence-electron chi connectivity index (χ1n) is 3.60. The fourth-order valence-electron chi connectivity index (χ4n) is 0.707. The van der Waals surface area contributed by atoms with E-state index in [2.05, 4.69) is 6.92 Å². The van der Waals surface area contributed by atoms with E-state index in [-0.39, 0.29) is 0 Å². The van der Waals surface area contributed by atoms with Crippen molar-refractivity contribution < 1.29 is 8.42 Å². The Bertz CT molecular complexity index is 194. The maximum absolute atomic E-state index is 10.3. The SMILES string of the molecule is CCCCCC(C)=S(=O)=O. The molecule has 60 valence electrons. The third-order valence-electron chi connectivity index (χ3n) is 1.42. The van der Waals surface area contributed by atoms with Crippen molar-refractivity contribution in [2.75, 3.05) is 0 Å². The molecule has 0 spiro atoms. The van der Waals surface area contributed by atoms with Gasteiger partial charge in [0.2, 0.25) is 10.3 Å². The smallest absolute Gasteiger partial charge is 0.185 e. The van der Waals surface area contributed by atoms with E-state index < -0.39 is 10.3 Å². The van der Waals surface area contributed by atoms with Crippen LogP contribution in [0, 0.1) is 0 Å². The summed E-state index contributed by atoms with van der Waals surface area (Å²) in [6, 6.07) is 0. The summed E-state index contributed by atoms with van der Waals surface area (Å²) in [6.07, 6.45) is 3.98. The van der Waals surface area contributed by atoms with Gasteiger partial charge in [-0.3, -0.25) is 0 Å². The Morgan fingerprint density at radius 1 is 1.30 bits per heavy atom. The lowest BCUT2D eigenvalue weighted by Crippen LogP contribution is -1.91. The van der Waals surface area contributed by atoms with Gasteiger partial charge >= 0.3 is 0 Å². The van der Waals surface area contributed by atoms with Crippen LogP contribution in [-0.2, 0) is 10.3 Å². The van der Waals surface area contributed by atoms with Gasteiger partial charge in [-0.25, -0.2) is 0 Å². The Labute approximate surface area is 63.8 Å². The molecule has 0 aliphatic heterocycles. The molecule has 0 rings (SSSR count). The second-order valence-electron chi connectivity index (χ2n) is 2.39. The molecule has 0 radical (unpaired) electrons. The molecular weight excluding hydrogens is 148 g/mol. The van der Waals surface area contributed by atoms with Crippen molar-refractivity contribution in [2.24, 2.45) is 0 Å². The topological polar surface area (TPSA) is 34.1 Å². The summed E-state index contributed by atoms with van der Waals surface area (Å²) in [6.45, 7) is 3.77. The third-order valence-corrected chi connectivity index (χ3v) is 2.19. The van der Waals surface area contributed by atoms with E-state index >= 15 is 0 Å². The third kappa shape index (κ3) is 4.56. The first-order chi connectivity index (χ1) is 4.68. The highest BCUT2D eigenvalue weighted by Crippen LogP contribution is 1.98. The first-order valence-corrected chi connectivity index (χ1v) is 4.67. The van der Waals surface area contributed by atoms with Gasteiger partial charge in [0.25, 0.3) is 0 Å². The van der Waals surface area contributed by atoms with Crippen LogP contribution in [0.4, 0.5) is 0 Å². The Morgan fingerprint density at radius 2 is 1.90 bits per heavy atom. The monoisotopic (exact) mass is 162 g/mol. The minimum absolute atomic E-state index is 0.577. The summed E-state index contributed by atoms with van der Waals surface area (Å²) >= 11 is 0. The van der Waals surface area contributed by atoms with E-state index in [0.29, 0.717) is 4.86 Å². The van der Waals surface area contributed by atoms with Crippen LogP contribution in [0.1, 0.15) is 39.5 Å². The second kappa shape index (κ2) is 5.47. The molecule has 0 bridgehead atoms. The Hall–Kier alpha value is -0.310. The fraction of sp³-hybridized carbons (Fsp3) is 0.857. The summed E-state index contributed by atoms with van der Waals surface area (Å²) < 4.78 is 20.5. The molecule has 0 aliphatic carbocycles. The lowest BCUT2D eigenvalue weighted by molar-refractivity contribution is 0.626. The quantitative estimate of drug-likeness (QED) is 0.465. The minimum atomic E-state index is -1.95. The van der Waals surface area contributed by atoms with Gasteiger partial charge in [0, 0.05) is 4.86 Å². The summed E-state index contributed by atoms with van der Waals surface area (Å²) in [5, 5.41) is 0. The number of hydrogen-bond donors (Lipinski definition) is 0. The molecule has 2 nitrogen and oxygen atoms in total. The van der Waals surface area contributed by atoms with Gasteiger partial charge in [-0.1, -0.05) is 19.8 Å². The maximum atomic E-state index is 10.3. The molecule has 0 aromatic carbocycles. The van der Waals surface area contributed by atoms with Gasteiger partial charge in [-0.05, 0) is 19.8 Å². The highest BCUT2D eigenvalue weighted by molar-refractivity contribution is 7.72. The Kier molecular flexibility index (Phi) is 5.30. The van der Waals surface area contributed by atoms with Gasteiger partial charge in [-0.2, -0.15) is 8.42 Å². The van der Waals surface area contributed by atoms with Gasteiger partial charge in [0.05, 0.1) is 0 Å². The number of rotatable bonds is 4. The molecule has 0 unspecified atom stereocenters. The first kappa shape index (κ1) is 9.69. The number of hydrogen-bond acceptors (Lipinski definition) is 2. The fourth-order valence-corrected chi connectivity index (χ4v) is 1.02. The van der Waals surface area contributed by atoms with Crippen molar-refractivity contribution in [3.05, 3.63) is 0 Å². The van der Waals surface area contributed by atoms with Crippen LogP contribution in [0.25, 0.3) is 0 Å². The predicted octanol–water partition coefficient (Wildman–Crippen LogP) is 1.64. The lowest BCUT2D eigenvalue weighted by Gasteiger charge is -1.92. The lowest BCUT2D eigenvalue weighted by atomic mass is 10.2. The minimum Gasteiger partial charge on any atom is -0.185 e. The molecule has 0 aromatic rings. The van der Waals surface area contributed by atoms with Crippen molar-refractivity contribution in [3.8, 4) is 0 Å². The van der Waals surface area contributed by atoms with Crippen LogP contribution in [0.2, 0.25) is 0 Å². The highest BCUT2D eigenvalue weighted by Gasteiger charge is 1.91. The molecule has 0 aliphatic rings. The van der Waals surface area contributed by atoms with E-state index in [9.17, 15) is 8.42 Å². The van der Waals surface area contributed by atoms with Crippen LogP contribution in [-0.4, -0.2) is 13.3 Å². The van der Waals surface area contributed by atoms with E-state index in [1.54, 1.807) is 6.92 Å². The molecule has 0 aromatic heterocycles. The number of unbranched alkanes of at least 4 members (excludes halogenated alkanes) is 2. The van der Waals surface area contributed by atoms with Crippen LogP contribution in [0.5, 0.6) is 0 Å². The largest absolute Gasteiger partial charge is 0.212 e. The van der Waals surface area contributed by atoms with Gasteiger partial charge < -0.3 is 0 Å². The van der Waals surface area contributed by atoms with Gasteiger partial charge in [0.1, 0.15) is 0 Å². The van der Waals surface area contributed by atoms with Crippen LogP contribution >= 0.6 is 0 Å². The molecule has 3 heteroatoms. The Morgan fingerprint density at radius 3 is 2.30 bits per heavy atom. The predicted molar refractivity (Wildman–Crippen MR) is 43.7 cm³/mol. The van der Waals surface area contributed by atoms with Gasteiger partial charge in [-0.15, -0.1) is 0 Å². The molecule has 0 atom stereocenters. The van der Waals surface area contributed by atoms with Crippen molar-refractivity contribution in [3.63, 3.8) is 0 Å². The van der Waals surface area contributed by atoms with Crippen molar-refractivity contribution in [1.82, 2.24) is 0 Å². The second-order valence-corrected chi connectivity index (χ2v) is 3.56. The van der Waals surface area contributed by atoms with Crippen LogP contribution in [0.3, 0.4) is 0 Å². The summed E-state index contributed by atoms with van der Waals surface area (Å²) in [7, 11) is -1.95. The standard InChI is InChI=1S/C7H14O2S/c1-3-4-5-6-7(2)10(8)9/h3-6H2,1-2H3. The molecule has 0 heterocycles. The molecule has 0 fully saturated rings. The maximum Gasteiger partial charge on any atom is 0.212 e. The zero-order valence-electron chi connectivity index (χ0n) is 6.55. The van der Waals surface area contributed by atoms with Crippen molar-refractivity contribution in [1.29, 1.82) is 0 Å². The highest BCUT2D eigenvalue weighted by atomic mass is 32.2. The molecule has 0 saturated heterocycles. The molecule has 10 heavy (non-hydrogen) atoms. The average Bonchev–Trinajstić information content (AvgIpc) is 1.88.